The van der Waals surface area contributed by atoms with E-state index >= 15 is 0 Å². The van der Waals surface area contributed by atoms with Gasteiger partial charge in [-0.3, -0.25) is 4.90 Å². The van der Waals surface area contributed by atoms with Crippen molar-refractivity contribution in [3.8, 4) is 0 Å². The predicted molar refractivity (Wildman–Crippen MR) is 92.6 cm³/mol. The second-order valence-electron chi connectivity index (χ2n) is 4.82. The summed E-state index contributed by atoms with van der Waals surface area (Å²) in [6.07, 6.45) is 3.37. The van der Waals surface area contributed by atoms with Gasteiger partial charge in [-0.2, -0.15) is 0 Å². The number of rotatable bonds is 5. The third-order valence-electron chi connectivity index (χ3n) is 3.08. The maximum atomic E-state index is 10.7. The standard InChI is InChI=1S/C11H11Cl2N7O2S2/c12-9-14-1-7(23-9)3-18-5-16-11(17-20(21)22)19(6-18)4-8-2-15-10(13)24-8/h1-2H,3-6H2,(H,16,17). The van der Waals surface area contributed by atoms with Crippen molar-refractivity contribution < 1.29 is 5.03 Å². The number of aromatic nitrogens is 2. The van der Waals surface area contributed by atoms with Gasteiger partial charge in [0, 0.05) is 28.7 Å². The summed E-state index contributed by atoms with van der Waals surface area (Å²) in [6, 6.07) is 0. The maximum absolute atomic E-state index is 10.7. The lowest BCUT2D eigenvalue weighted by Crippen LogP contribution is -2.56. The highest BCUT2D eigenvalue weighted by molar-refractivity contribution is 7.16. The lowest BCUT2D eigenvalue weighted by molar-refractivity contribution is -0.486. The van der Waals surface area contributed by atoms with Crippen LogP contribution < -0.4 is 5.32 Å². The fourth-order valence-electron chi connectivity index (χ4n) is 2.18. The Hall–Kier alpha value is -1.53. The van der Waals surface area contributed by atoms with Crippen molar-refractivity contribution in [2.75, 3.05) is 13.3 Å². The van der Waals surface area contributed by atoms with Gasteiger partial charge in [0.05, 0.1) is 19.9 Å². The molecule has 1 N–H and O–H groups in total. The summed E-state index contributed by atoms with van der Waals surface area (Å²) in [4.78, 5) is 24.5. The van der Waals surface area contributed by atoms with E-state index in [1.165, 1.54) is 22.7 Å². The van der Waals surface area contributed by atoms with Gasteiger partial charge >= 0.3 is 0 Å². The number of thiazole rings is 2. The second kappa shape index (κ2) is 7.57. The summed E-state index contributed by atoms with van der Waals surface area (Å²) < 4.78 is 0.917. The minimum absolute atomic E-state index is 0.211. The molecule has 0 spiro atoms. The van der Waals surface area contributed by atoms with Crippen molar-refractivity contribution in [3.05, 3.63) is 41.2 Å². The topological polar surface area (TPSA) is 99.8 Å². The molecule has 9 nitrogen and oxygen atoms in total. The first kappa shape index (κ1) is 17.3. The predicted octanol–water partition coefficient (Wildman–Crippen LogP) is 2.28. The summed E-state index contributed by atoms with van der Waals surface area (Å²) >= 11 is 14.4. The highest BCUT2D eigenvalue weighted by atomic mass is 35.5. The number of hydrogen-bond acceptors (Lipinski definition) is 7. The number of hydrogen-bond donors (Lipinski definition) is 1. The molecule has 1 saturated heterocycles. The van der Waals surface area contributed by atoms with Crippen molar-refractivity contribution >= 4 is 51.8 Å². The zero-order chi connectivity index (χ0) is 17.1. The van der Waals surface area contributed by atoms with E-state index in [0.29, 0.717) is 35.4 Å². The van der Waals surface area contributed by atoms with Crippen molar-refractivity contribution in [1.82, 2.24) is 25.1 Å². The SMILES string of the molecule is O=[N+]([O-])/N=C1\NCN(Cc2cnc(Cl)s2)CN1Cc1cnc(Cl)s1. The zero-order valence-corrected chi connectivity index (χ0v) is 15.2. The normalized spacial score (nSPS) is 17.2. The molecule has 0 unspecified atom stereocenters. The molecule has 3 heterocycles. The average Bonchev–Trinajstić information content (AvgIpc) is 3.10. The van der Waals surface area contributed by atoms with Gasteiger partial charge in [0.25, 0.3) is 5.96 Å². The van der Waals surface area contributed by atoms with Crippen molar-refractivity contribution in [2.24, 2.45) is 5.10 Å². The summed E-state index contributed by atoms with van der Waals surface area (Å²) in [7, 11) is 0. The Labute approximate surface area is 154 Å². The van der Waals surface area contributed by atoms with Gasteiger partial charge in [0.1, 0.15) is 5.10 Å². The van der Waals surface area contributed by atoms with E-state index < -0.39 is 5.03 Å². The molecular formula is C11H11Cl2N7O2S2. The molecule has 0 radical (unpaired) electrons. The molecule has 0 aromatic carbocycles. The first-order valence-corrected chi connectivity index (χ1v) is 9.03. The van der Waals surface area contributed by atoms with Gasteiger partial charge < -0.3 is 10.2 Å². The van der Waals surface area contributed by atoms with Crippen LogP contribution in [0.5, 0.6) is 0 Å². The Balaban J connectivity index is 1.72. The van der Waals surface area contributed by atoms with E-state index in [2.05, 4.69) is 25.3 Å². The van der Waals surface area contributed by atoms with Crippen molar-refractivity contribution in [2.45, 2.75) is 13.1 Å². The number of nitrogens with zero attached hydrogens (tertiary/aromatic N) is 6. The number of halogens is 2. The Morgan fingerprint density at radius 1 is 1.25 bits per heavy atom. The van der Waals surface area contributed by atoms with E-state index in [1.54, 1.807) is 17.3 Å². The smallest absolute Gasteiger partial charge is 0.273 e. The molecule has 0 aliphatic carbocycles. The van der Waals surface area contributed by atoms with Crippen LogP contribution in [0.1, 0.15) is 9.75 Å². The molecule has 128 valence electrons. The molecule has 0 atom stereocenters. The molecule has 1 aliphatic rings. The van der Waals surface area contributed by atoms with Crippen molar-refractivity contribution in [1.29, 1.82) is 0 Å². The second-order valence-corrected chi connectivity index (χ2v) is 8.22. The van der Waals surface area contributed by atoms with Crippen LogP contribution in [0.15, 0.2) is 17.5 Å². The minimum atomic E-state index is -0.715. The largest absolute Gasteiger partial charge is 0.338 e. The van der Waals surface area contributed by atoms with Crippen molar-refractivity contribution in [3.63, 3.8) is 0 Å². The molecule has 0 saturated carbocycles. The van der Waals surface area contributed by atoms with E-state index in [-0.39, 0.29) is 5.96 Å². The van der Waals surface area contributed by atoms with Crippen LogP contribution in [0.4, 0.5) is 0 Å². The van der Waals surface area contributed by atoms with E-state index in [4.69, 9.17) is 23.2 Å². The third-order valence-corrected chi connectivity index (χ3v) is 5.28. The quantitative estimate of drug-likeness (QED) is 0.599. The maximum Gasteiger partial charge on any atom is 0.273 e. The van der Waals surface area contributed by atoms with Gasteiger partial charge in [0.15, 0.2) is 14.0 Å². The third kappa shape index (κ3) is 4.51. The molecular weight excluding hydrogens is 397 g/mol. The molecule has 0 amide bonds. The zero-order valence-electron chi connectivity index (χ0n) is 12.1. The molecule has 24 heavy (non-hydrogen) atoms. The Morgan fingerprint density at radius 2 is 1.88 bits per heavy atom. The fraction of sp³-hybridized carbons (Fsp3) is 0.364. The summed E-state index contributed by atoms with van der Waals surface area (Å²) in [5.41, 5.74) is 0. The van der Waals surface area contributed by atoms with Crippen LogP contribution in [-0.2, 0) is 13.1 Å². The van der Waals surface area contributed by atoms with Gasteiger partial charge in [-0.1, -0.05) is 23.2 Å². The van der Waals surface area contributed by atoms with Gasteiger partial charge in [-0.25, -0.2) is 20.1 Å². The summed E-state index contributed by atoms with van der Waals surface area (Å²) in [5, 5.41) is 16.4. The van der Waals surface area contributed by atoms with Gasteiger partial charge in [-0.05, 0) is 0 Å². The van der Waals surface area contributed by atoms with E-state index in [0.717, 1.165) is 9.75 Å². The fourth-order valence-corrected chi connectivity index (χ4v) is 4.20. The Bertz CT molecular complexity index is 765. The van der Waals surface area contributed by atoms with Crippen LogP contribution in [0.2, 0.25) is 8.93 Å². The molecule has 3 rings (SSSR count). The number of nitro groups is 1. The highest BCUT2D eigenvalue weighted by Crippen LogP contribution is 2.22. The molecule has 13 heteroatoms. The van der Waals surface area contributed by atoms with Gasteiger partial charge in [0.2, 0.25) is 0 Å². The molecule has 0 bridgehead atoms. The number of nitrogens with one attached hydrogen (secondary N) is 1. The Morgan fingerprint density at radius 3 is 2.42 bits per heavy atom. The van der Waals surface area contributed by atoms with E-state index in [1.807, 2.05) is 0 Å². The lowest BCUT2D eigenvalue weighted by atomic mass is 10.4. The van der Waals surface area contributed by atoms with Crippen LogP contribution >= 0.6 is 45.9 Å². The van der Waals surface area contributed by atoms with Crippen LogP contribution in [-0.4, -0.2) is 44.1 Å². The number of guanidine groups is 1. The first-order chi connectivity index (χ1) is 11.5. The Kier molecular flexibility index (Phi) is 5.46. The van der Waals surface area contributed by atoms with Gasteiger partial charge in [-0.15, -0.1) is 22.7 Å². The first-order valence-electron chi connectivity index (χ1n) is 6.64. The van der Waals surface area contributed by atoms with Crippen LogP contribution in [0.3, 0.4) is 0 Å². The minimum Gasteiger partial charge on any atom is -0.338 e. The average molecular weight is 408 g/mol. The van der Waals surface area contributed by atoms with E-state index in [9.17, 15) is 10.1 Å². The van der Waals surface area contributed by atoms with Crippen LogP contribution in [0, 0.1) is 10.1 Å². The summed E-state index contributed by atoms with van der Waals surface area (Å²) in [5.74, 6) is 0.211. The molecule has 2 aromatic heterocycles. The molecule has 1 fully saturated rings. The molecule has 2 aromatic rings. The lowest BCUT2D eigenvalue weighted by Gasteiger charge is -2.36. The molecule has 1 aliphatic heterocycles. The number of hydrazone groups is 1. The summed E-state index contributed by atoms with van der Waals surface area (Å²) in [6.45, 7) is 1.94. The highest BCUT2D eigenvalue weighted by Gasteiger charge is 2.25. The van der Waals surface area contributed by atoms with Crippen LogP contribution in [0.25, 0.3) is 0 Å². The monoisotopic (exact) mass is 407 g/mol.